The molecule has 126 valence electrons. The number of nitrogens with zero attached hydrogens (tertiary/aromatic N) is 2. The minimum absolute atomic E-state index is 0.276. The van der Waals surface area contributed by atoms with Gasteiger partial charge in [0, 0.05) is 44.2 Å². The van der Waals surface area contributed by atoms with Gasteiger partial charge in [-0.1, -0.05) is 60.7 Å². The van der Waals surface area contributed by atoms with E-state index in [0.29, 0.717) is 0 Å². The molecule has 0 aromatic heterocycles. The average molecular weight is 324 g/mol. The minimum Gasteiger partial charge on any atom is -0.435 e. The normalized spacial score (nSPS) is 16.8. The first kappa shape index (κ1) is 16.7. The third-order valence-electron chi connectivity index (χ3n) is 4.57. The number of ether oxygens (including phenoxy) is 1. The van der Waals surface area contributed by atoms with Crippen LogP contribution in [0.15, 0.2) is 60.7 Å². The number of carbonyl (C=O) groups excluding carboxylic acids is 1. The lowest BCUT2D eigenvalue weighted by atomic mass is 9.91. The standard InChI is InChI=1S/C20H24N2O2/c1-17(23)24-20(18-9-5-3-6-10-18,19-11-7-4-8-12-19)22-15-13-21(2)14-16-22/h3-12H,13-16H2,1-2H3. The molecule has 0 radical (unpaired) electrons. The van der Waals surface area contributed by atoms with E-state index in [4.69, 9.17) is 4.74 Å². The van der Waals surface area contributed by atoms with Crippen molar-refractivity contribution in [3.8, 4) is 0 Å². The molecule has 0 amide bonds. The van der Waals surface area contributed by atoms with Crippen LogP contribution in [-0.4, -0.2) is 49.0 Å². The molecule has 1 saturated heterocycles. The topological polar surface area (TPSA) is 32.8 Å². The second-order valence-corrected chi connectivity index (χ2v) is 6.26. The van der Waals surface area contributed by atoms with Crippen LogP contribution in [0.4, 0.5) is 0 Å². The van der Waals surface area contributed by atoms with Crippen molar-refractivity contribution in [1.82, 2.24) is 9.80 Å². The molecule has 24 heavy (non-hydrogen) atoms. The molecule has 1 aliphatic rings. The van der Waals surface area contributed by atoms with Crippen molar-refractivity contribution in [2.75, 3.05) is 33.2 Å². The molecular formula is C20H24N2O2. The van der Waals surface area contributed by atoms with E-state index >= 15 is 0 Å². The van der Waals surface area contributed by atoms with Gasteiger partial charge in [0.25, 0.3) is 0 Å². The second kappa shape index (κ2) is 7.16. The molecule has 0 saturated carbocycles. The molecular weight excluding hydrogens is 300 g/mol. The van der Waals surface area contributed by atoms with Crippen LogP contribution in [0.2, 0.25) is 0 Å². The Hall–Kier alpha value is -2.17. The van der Waals surface area contributed by atoms with Gasteiger partial charge in [0.15, 0.2) is 0 Å². The van der Waals surface area contributed by atoms with Crippen LogP contribution in [0, 0.1) is 0 Å². The molecule has 1 aliphatic heterocycles. The van der Waals surface area contributed by atoms with E-state index in [1.54, 1.807) is 0 Å². The number of piperazine rings is 1. The fourth-order valence-electron chi connectivity index (χ4n) is 3.37. The number of esters is 1. The summed E-state index contributed by atoms with van der Waals surface area (Å²) in [6.45, 7) is 5.06. The van der Waals surface area contributed by atoms with Crippen LogP contribution < -0.4 is 0 Å². The summed E-state index contributed by atoms with van der Waals surface area (Å²) in [5.74, 6) is -0.276. The largest absolute Gasteiger partial charge is 0.435 e. The number of hydrogen-bond donors (Lipinski definition) is 0. The smallest absolute Gasteiger partial charge is 0.304 e. The molecule has 0 bridgehead atoms. The van der Waals surface area contributed by atoms with E-state index in [-0.39, 0.29) is 5.97 Å². The number of carbonyl (C=O) groups is 1. The molecule has 1 fully saturated rings. The Balaban J connectivity index is 2.15. The second-order valence-electron chi connectivity index (χ2n) is 6.26. The van der Waals surface area contributed by atoms with Crippen molar-refractivity contribution >= 4 is 5.97 Å². The highest BCUT2D eigenvalue weighted by molar-refractivity contribution is 5.67. The Morgan fingerprint density at radius 3 is 1.75 bits per heavy atom. The Labute approximate surface area is 143 Å². The zero-order chi connectivity index (χ0) is 17.0. The number of benzene rings is 2. The van der Waals surface area contributed by atoms with Gasteiger partial charge in [-0.15, -0.1) is 0 Å². The van der Waals surface area contributed by atoms with E-state index in [1.165, 1.54) is 6.92 Å². The summed E-state index contributed by atoms with van der Waals surface area (Å²) in [6.07, 6.45) is 0. The van der Waals surface area contributed by atoms with Crippen molar-refractivity contribution in [2.45, 2.75) is 12.6 Å². The fraction of sp³-hybridized carbons (Fsp3) is 0.350. The van der Waals surface area contributed by atoms with Crippen LogP contribution in [0.25, 0.3) is 0 Å². The van der Waals surface area contributed by atoms with Crippen LogP contribution in [0.5, 0.6) is 0 Å². The van der Waals surface area contributed by atoms with Gasteiger partial charge in [-0.25, -0.2) is 0 Å². The van der Waals surface area contributed by atoms with Gasteiger partial charge in [0.05, 0.1) is 0 Å². The van der Waals surface area contributed by atoms with E-state index in [0.717, 1.165) is 37.3 Å². The van der Waals surface area contributed by atoms with Gasteiger partial charge >= 0.3 is 5.97 Å². The number of rotatable bonds is 4. The maximum atomic E-state index is 12.1. The SMILES string of the molecule is CC(=O)OC(c1ccccc1)(c1ccccc1)N1CCN(C)CC1. The monoisotopic (exact) mass is 324 g/mol. The third-order valence-corrected chi connectivity index (χ3v) is 4.57. The summed E-state index contributed by atoms with van der Waals surface area (Å²) in [5.41, 5.74) is 1.09. The van der Waals surface area contributed by atoms with E-state index in [2.05, 4.69) is 16.8 Å². The van der Waals surface area contributed by atoms with Gasteiger partial charge in [0.2, 0.25) is 5.72 Å². The maximum absolute atomic E-state index is 12.1. The van der Waals surface area contributed by atoms with Gasteiger partial charge in [-0.05, 0) is 7.05 Å². The number of hydrogen-bond acceptors (Lipinski definition) is 4. The highest BCUT2D eigenvalue weighted by atomic mass is 16.6. The van der Waals surface area contributed by atoms with Crippen LogP contribution in [0.1, 0.15) is 18.1 Å². The predicted octanol–water partition coefficient (Wildman–Crippen LogP) is 2.70. The van der Waals surface area contributed by atoms with E-state index < -0.39 is 5.72 Å². The predicted molar refractivity (Wildman–Crippen MR) is 94.5 cm³/mol. The minimum atomic E-state index is -0.879. The molecule has 2 aromatic rings. The molecule has 0 aliphatic carbocycles. The van der Waals surface area contributed by atoms with Gasteiger partial charge in [0.1, 0.15) is 0 Å². The quantitative estimate of drug-likeness (QED) is 0.810. The van der Waals surface area contributed by atoms with E-state index in [9.17, 15) is 4.79 Å². The van der Waals surface area contributed by atoms with Crippen molar-refractivity contribution in [1.29, 1.82) is 0 Å². The van der Waals surface area contributed by atoms with Crippen LogP contribution in [0.3, 0.4) is 0 Å². The molecule has 2 aromatic carbocycles. The lowest BCUT2D eigenvalue weighted by Crippen LogP contribution is -2.57. The molecule has 4 heteroatoms. The third kappa shape index (κ3) is 3.21. The zero-order valence-electron chi connectivity index (χ0n) is 14.3. The van der Waals surface area contributed by atoms with Crippen molar-refractivity contribution in [3.63, 3.8) is 0 Å². The number of likely N-dealkylation sites (N-methyl/N-ethyl adjacent to an activating group) is 1. The van der Waals surface area contributed by atoms with Crippen LogP contribution in [-0.2, 0) is 15.3 Å². The molecule has 0 atom stereocenters. The zero-order valence-corrected chi connectivity index (χ0v) is 14.3. The molecule has 0 spiro atoms. The van der Waals surface area contributed by atoms with Gasteiger partial charge in [-0.3, -0.25) is 9.69 Å². The van der Waals surface area contributed by atoms with Gasteiger partial charge < -0.3 is 9.64 Å². The highest BCUT2D eigenvalue weighted by Crippen LogP contribution is 2.38. The molecule has 3 rings (SSSR count). The molecule has 0 unspecified atom stereocenters. The van der Waals surface area contributed by atoms with Crippen molar-refractivity contribution in [2.24, 2.45) is 0 Å². The summed E-state index contributed by atoms with van der Waals surface area (Å²) in [4.78, 5) is 16.6. The maximum Gasteiger partial charge on any atom is 0.304 e. The van der Waals surface area contributed by atoms with Crippen molar-refractivity contribution in [3.05, 3.63) is 71.8 Å². The first-order valence-corrected chi connectivity index (χ1v) is 8.37. The van der Waals surface area contributed by atoms with Gasteiger partial charge in [-0.2, -0.15) is 0 Å². The lowest BCUT2D eigenvalue weighted by Gasteiger charge is -2.46. The fourth-order valence-corrected chi connectivity index (χ4v) is 3.37. The Morgan fingerprint density at radius 1 is 0.875 bits per heavy atom. The summed E-state index contributed by atoms with van der Waals surface area (Å²) < 4.78 is 6.05. The Bertz CT molecular complexity index is 625. The average Bonchev–Trinajstić information content (AvgIpc) is 2.62. The Morgan fingerprint density at radius 2 is 1.33 bits per heavy atom. The summed E-state index contributed by atoms with van der Waals surface area (Å²) in [5, 5.41) is 0. The summed E-state index contributed by atoms with van der Waals surface area (Å²) in [6, 6.07) is 20.1. The molecule has 1 heterocycles. The Kier molecular flexibility index (Phi) is 4.97. The lowest BCUT2D eigenvalue weighted by molar-refractivity contribution is -0.179. The summed E-state index contributed by atoms with van der Waals surface area (Å²) >= 11 is 0. The highest BCUT2D eigenvalue weighted by Gasteiger charge is 2.44. The van der Waals surface area contributed by atoms with Crippen LogP contribution >= 0.6 is 0 Å². The first-order valence-electron chi connectivity index (χ1n) is 8.37. The molecule has 0 N–H and O–H groups in total. The summed E-state index contributed by atoms with van der Waals surface area (Å²) in [7, 11) is 2.12. The molecule has 4 nitrogen and oxygen atoms in total. The van der Waals surface area contributed by atoms with E-state index in [1.807, 2.05) is 60.7 Å². The van der Waals surface area contributed by atoms with Crippen molar-refractivity contribution < 1.29 is 9.53 Å². The first-order chi connectivity index (χ1) is 11.6.